The minimum absolute atomic E-state index is 0.0593. The Labute approximate surface area is 125 Å². The number of hydrogen-bond donors (Lipinski definition) is 2. The van der Waals surface area contributed by atoms with E-state index >= 15 is 0 Å². The number of ether oxygens (including phenoxy) is 2. The summed E-state index contributed by atoms with van der Waals surface area (Å²) in [5, 5.41) is 2.73. The van der Waals surface area contributed by atoms with Crippen molar-refractivity contribution in [2.75, 3.05) is 45.0 Å². The van der Waals surface area contributed by atoms with Gasteiger partial charge in [0.05, 0.1) is 31.0 Å². The van der Waals surface area contributed by atoms with Crippen LogP contribution in [0.2, 0.25) is 0 Å². The molecule has 2 rings (SSSR count). The van der Waals surface area contributed by atoms with Crippen LogP contribution in [0.4, 0.5) is 11.4 Å². The fraction of sp³-hybridized carbons (Fsp3) is 0.533. The summed E-state index contributed by atoms with van der Waals surface area (Å²) in [6.45, 7) is 3.39. The average molecular weight is 293 g/mol. The first-order valence-electron chi connectivity index (χ1n) is 6.94. The van der Waals surface area contributed by atoms with Crippen LogP contribution in [0.1, 0.15) is 13.3 Å². The summed E-state index contributed by atoms with van der Waals surface area (Å²) in [5.74, 6) is 1.30. The highest BCUT2D eigenvalue weighted by Crippen LogP contribution is 2.41. The second-order valence-corrected chi connectivity index (χ2v) is 5.58. The Morgan fingerprint density at radius 1 is 1.33 bits per heavy atom. The third kappa shape index (κ3) is 2.70. The van der Waals surface area contributed by atoms with Crippen LogP contribution in [0.3, 0.4) is 0 Å². The first-order chi connectivity index (χ1) is 9.95. The minimum Gasteiger partial charge on any atom is -0.493 e. The fourth-order valence-electron chi connectivity index (χ4n) is 2.81. The lowest BCUT2D eigenvalue weighted by atomic mass is 9.89. The standard InChI is InChI=1S/C15H23N3O3/c1-15(14(19)17-2)5-6-18(9-15)11-8-13(21-4)12(20-3)7-10(11)16/h7-8H,5-6,9,16H2,1-4H3,(H,17,19). The number of carbonyl (C=O) groups excluding carboxylic acids is 1. The number of anilines is 2. The third-order valence-corrected chi connectivity index (χ3v) is 4.12. The Morgan fingerprint density at radius 3 is 2.52 bits per heavy atom. The minimum atomic E-state index is -0.394. The van der Waals surface area contributed by atoms with E-state index in [-0.39, 0.29) is 5.91 Å². The predicted octanol–water partition coefficient (Wildman–Crippen LogP) is 1.25. The largest absolute Gasteiger partial charge is 0.493 e. The number of rotatable bonds is 4. The molecule has 6 heteroatoms. The van der Waals surface area contributed by atoms with E-state index in [1.165, 1.54) is 0 Å². The van der Waals surface area contributed by atoms with Gasteiger partial charge in [-0.05, 0) is 13.3 Å². The molecular formula is C15H23N3O3. The van der Waals surface area contributed by atoms with Gasteiger partial charge in [0.15, 0.2) is 11.5 Å². The number of amides is 1. The normalized spacial score (nSPS) is 21.2. The third-order valence-electron chi connectivity index (χ3n) is 4.12. The van der Waals surface area contributed by atoms with Gasteiger partial charge >= 0.3 is 0 Å². The van der Waals surface area contributed by atoms with E-state index in [9.17, 15) is 4.79 Å². The summed E-state index contributed by atoms with van der Waals surface area (Å²) in [6.07, 6.45) is 0.792. The molecule has 3 N–H and O–H groups in total. The van der Waals surface area contributed by atoms with Gasteiger partial charge in [0.2, 0.25) is 5.91 Å². The van der Waals surface area contributed by atoms with E-state index in [1.807, 2.05) is 13.0 Å². The SMILES string of the molecule is CNC(=O)C1(C)CCN(c2cc(OC)c(OC)cc2N)C1. The van der Waals surface area contributed by atoms with E-state index in [4.69, 9.17) is 15.2 Å². The topological polar surface area (TPSA) is 76.8 Å². The number of hydrogen-bond acceptors (Lipinski definition) is 5. The maximum Gasteiger partial charge on any atom is 0.227 e. The van der Waals surface area contributed by atoms with Crippen LogP contribution < -0.4 is 25.4 Å². The Hall–Kier alpha value is -2.11. The van der Waals surface area contributed by atoms with Crippen molar-refractivity contribution in [3.05, 3.63) is 12.1 Å². The number of nitrogens with two attached hydrogens (primary N) is 1. The molecule has 0 saturated carbocycles. The zero-order chi connectivity index (χ0) is 15.6. The number of methoxy groups -OCH3 is 2. The maximum atomic E-state index is 12.0. The van der Waals surface area contributed by atoms with E-state index in [2.05, 4.69) is 10.2 Å². The predicted molar refractivity (Wildman–Crippen MR) is 83.0 cm³/mol. The molecule has 1 aromatic rings. The van der Waals surface area contributed by atoms with Gasteiger partial charge in [-0.25, -0.2) is 0 Å². The van der Waals surface area contributed by atoms with Crippen molar-refractivity contribution in [2.24, 2.45) is 5.41 Å². The van der Waals surface area contributed by atoms with E-state index in [0.717, 1.165) is 18.7 Å². The summed E-state index contributed by atoms with van der Waals surface area (Å²) in [6, 6.07) is 3.62. The highest BCUT2D eigenvalue weighted by molar-refractivity contribution is 5.84. The van der Waals surface area contributed by atoms with Gasteiger partial charge in [-0.1, -0.05) is 0 Å². The van der Waals surface area contributed by atoms with E-state index in [0.29, 0.717) is 23.7 Å². The molecule has 21 heavy (non-hydrogen) atoms. The van der Waals surface area contributed by atoms with E-state index in [1.54, 1.807) is 27.3 Å². The molecule has 116 valence electrons. The van der Waals surface area contributed by atoms with Gasteiger partial charge in [0.1, 0.15) is 0 Å². The van der Waals surface area contributed by atoms with Crippen molar-refractivity contribution in [1.82, 2.24) is 5.32 Å². The number of carbonyl (C=O) groups is 1. The number of nitrogen functional groups attached to an aromatic ring is 1. The average Bonchev–Trinajstić information content (AvgIpc) is 2.89. The van der Waals surface area contributed by atoms with Gasteiger partial charge in [-0.2, -0.15) is 0 Å². The van der Waals surface area contributed by atoms with Gasteiger partial charge in [0.25, 0.3) is 0 Å². The number of nitrogens with one attached hydrogen (secondary N) is 1. The highest BCUT2D eigenvalue weighted by atomic mass is 16.5. The first kappa shape index (κ1) is 15.3. The second kappa shape index (κ2) is 5.71. The molecule has 0 bridgehead atoms. The molecule has 1 amide bonds. The zero-order valence-electron chi connectivity index (χ0n) is 13.0. The zero-order valence-corrected chi connectivity index (χ0v) is 13.0. The van der Waals surface area contributed by atoms with Gasteiger partial charge in [-0.3, -0.25) is 4.79 Å². The number of benzene rings is 1. The fourth-order valence-corrected chi connectivity index (χ4v) is 2.81. The van der Waals surface area contributed by atoms with Crippen LogP contribution in [0.5, 0.6) is 11.5 Å². The molecule has 1 heterocycles. The summed E-state index contributed by atoms with van der Waals surface area (Å²) < 4.78 is 10.6. The van der Waals surface area contributed by atoms with Crippen molar-refractivity contribution in [2.45, 2.75) is 13.3 Å². The van der Waals surface area contributed by atoms with Gasteiger partial charge in [-0.15, -0.1) is 0 Å². The molecule has 0 aromatic heterocycles. The van der Waals surface area contributed by atoms with Crippen LogP contribution in [0.25, 0.3) is 0 Å². The summed E-state index contributed by atoms with van der Waals surface area (Å²) in [4.78, 5) is 14.1. The van der Waals surface area contributed by atoms with Crippen molar-refractivity contribution in [3.8, 4) is 11.5 Å². The molecule has 1 fully saturated rings. The molecule has 0 spiro atoms. The van der Waals surface area contributed by atoms with Crippen LogP contribution in [0.15, 0.2) is 12.1 Å². The molecule has 1 aliphatic rings. The summed E-state index contributed by atoms with van der Waals surface area (Å²) >= 11 is 0. The van der Waals surface area contributed by atoms with Crippen LogP contribution in [-0.4, -0.2) is 40.3 Å². The summed E-state index contributed by atoms with van der Waals surface area (Å²) in [5.41, 5.74) is 7.22. The van der Waals surface area contributed by atoms with E-state index < -0.39 is 5.41 Å². The first-order valence-corrected chi connectivity index (χ1v) is 6.94. The maximum absolute atomic E-state index is 12.0. The molecular weight excluding hydrogens is 270 g/mol. The molecule has 1 aliphatic heterocycles. The van der Waals surface area contributed by atoms with Crippen LogP contribution >= 0.6 is 0 Å². The molecule has 1 atom stereocenters. The second-order valence-electron chi connectivity index (χ2n) is 5.58. The Balaban J connectivity index is 2.30. The Kier molecular flexibility index (Phi) is 4.16. The summed E-state index contributed by atoms with van der Waals surface area (Å²) in [7, 11) is 4.84. The lowest BCUT2D eigenvalue weighted by Crippen LogP contribution is -2.39. The van der Waals surface area contributed by atoms with Crippen molar-refractivity contribution in [3.63, 3.8) is 0 Å². The Bertz CT molecular complexity index is 547. The lowest BCUT2D eigenvalue weighted by molar-refractivity contribution is -0.128. The molecule has 0 radical (unpaired) electrons. The molecule has 1 aromatic carbocycles. The molecule has 1 saturated heterocycles. The number of nitrogens with zero attached hydrogens (tertiary/aromatic N) is 1. The molecule has 1 unspecified atom stereocenters. The van der Waals surface area contributed by atoms with Crippen LogP contribution in [0, 0.1) is 5.41 Å². The molecule has 6 nitrogen and oxygen atoms in total. The quantitative estimate of drug-likeness (QED) is 0.817. The lowest BCUT2D eigenvalue weighted by Gasteiger charge is -2.25. The Morgan fingerprint density at radius 2 is 1.95 bits per heavy atom. The van der Waals surface area contributed by atoms with Gasteiger partial charge < -0.3 is 25.4 Å². The van der Waals surface area contributed by atoms with Crippen molar-refractivity contribution in [1.29, 1.82) is 0 Å². The smallest absolute Gasteiger partial charge is 0.227 e. The van der Waals surface area contributed by atoms with Gasteiger partial charge in [0, 0.05) is 32.3 Å². The van der Waals surface area contributed by atoms with Crippen molar-refractivity contribution >= 4 is 17.3 Å². The highest BCUT2D eigenvalue weighted by Gasteiger charge is 2.40. The van der Waals surface area contributed by atoms with Crippen LogP contribution in [-0.2, 0) is 4.79 Å². The van der Waals surface area contributed by atoms with Crippen molar-refractivity contribution < 1.29 is 14.3 Å². The molecule has 0 aliphatic carbocycles. The monoisotopic (exact) mass is 293 g/mol.